The van der Waals surface area contributed by atoms with E-state index in [2.05, 4.69) is 10.6 Å². The highest BCUT2D eigenvalue weighted by atomic mass is 35.5. The van der Waals surface area contributed by atoms with E-state index in [0.29, 0.717) is 17.8 Å². The molecule has 4 N–H and O–H groups in total. The number of carbonyl (C=O) groups excluding carboxylic acids is 2. The third kappa shape index (κ3) is 5.36. The van der Waals surface area contributed by atoms with Gasteiger partial charge in [0.15, 0.2) is 0 Å². The van der Waals surface area contributed by atoms with Crippen LogP contribution < -0.4 is 16.4 Å². The Morgan fingerprint density at radius 1 is 1.24 bits per heavy atom. The van der Waals surface area contributed by atoms with Gasteiger partial charge in [0.1, 0.15) is 0 Å². The van der Waals surface area contributed by atoms with E-state index >= 15 is 0 Å². The van der Waals surface area contributed by atoms with Crippen LogP contribution in [0.25, 0.3) is 0 Å². The maximum Gasteiger partial charge on any atom is 0.244 e. The van der Waals surface area contributed by atoms with Gasteiger partial charge in [-0.05, 0) is 38.0 Å². The highest BCUT2D eigenvalue weighted by molar-refractivity contribution is 5.99. The predicted molar refractivity (Wildman–Crippen MR) is 88.9 cm³/mol. The topological polar surface area (TPSA) is 84.2 Å². The molecular weight excluding hydrogens is 290 g/mol. The molecule has 1 rings (SSSR count). The molecular formula is C15H24ClN3O2. The van der Waals surface area contributed by atoms with Crippen LogP contribution in [0, 0.1) is 6.92 Å². The van der Waals surface area contributed by atoms with Gasteiger partial charge in [0.25, 0.3) is 0 Å². The molecule has 5 nitrogen and oxygen atoms in total. The standard InChI is InChI=1S/C15H23N3O2.ClH/c1-5-9-15(4,16)14(20)18-13-8-6-7-12(10(13)2)17-11(3)19;/h6-8H,5,9,16H2,1-4H3,(H,17,19)(H,18,20);1H. The summed E-state index contributed by atoms with van der Waals surface area (Å²) < 4.78 is 0. The highest BCUT2D eigenvalue weighted by Gasteiger charge is 2.27. The van der Waals surface area contributed by atoms with Gasteiger partial charge in [-0.25, -0.2) is 0 Å². The van der Waals surface area contributed by atoms with Crippen LogP contribution in [0.15, 0.2) is 18.2 Å². The van der Waals surface area contributed by atoms with Crippen LogP contribution >= 0.6 is 12.4 Å². The molecule has 2 amide bonds. The molecule has 0 aliphatic rings. The summed E-state index contributed by atoms with van der Waals surface area (Å²) >= 11 is 0. The van der Waals surface area contributed by atoms with E-state index in [-0.39, 0.29) is 24.2 Å². The van der Waals surface area contributed by atoms with Crippen molar-refractivity contribution in [2.75, 3.05) is 10.6 Å². The third-order valence-corrected chi connectivity index (χ3v) is 3.18. The summed E-state index contributed by atoms with van der Waals surface area (Å²) in [5.41, 5.74) is 7.26. The van der Waals surface area contributed by atoms with Gasteiger partial charge in [-0.3, -0.25) is 9.59 Å². The van der Waals surface area contributed by atoms with Crippen LogP contribution in [0.4, 0.5) is 11.4 Å². The van der Waals surface area contributed by atoms with Gasteiger partial charge in [-0.2, -0.15) is 0 Å². The summed E-state index contributed by atoms with van der Waals surface area (Å²) in [5.74, 6) is -0.367. The second kappa shape index (κ2) is 8.00. The van der Waals surface area contributed by atoms with Gasteiger partial charge in [-0.1, -0.05) is 19.4 Å². The van der Waals surface area contributed by atoms with E-state index in [1.165, 1.54) is 6.92 Å². The second-order valence-electron chi connectivity index (χ2n) is 5.28. The largest absolute Gasteiger partial charge is 0.326 e. The maximum absolute atomic E-state index is 12.2. The number of nitrogens with one attached hydrogen (secondary N) is 2. The molecule has 0 bridgehead atoms. The number of hydrogen-bond acceptors (Lipinski definition) is 3. The molecule has 118 valence electrons. The SMILES string of the molecule is CCCC(C)(N)C(=O)Nc1cccc(NC(C)=O)c1C.Cl. The fourth-order valence-electron chi connectivity index (χ4n) is 1.99. The summed E-state index contributed by atoms with van der Waals surface area (Å²) in [6.07, 6.45) is 1.45. The van der Waals surface area contributed by atoms with Crippen LogP contribution in [-0.2, 0) is 9.59 Å². The Morgan fingerprint density at radius 3 is 2.24 bits per heavy atom. The average molecular weight is 314 g/mol. The first-order valence-corrected chi connectivity index (χ1v) is 6.75. The van der Waals surface area contributed by atoms with Crippen molar-refractivity contribution >= 4 is 35.6 Å². The number of rotatable bonds is 5. The zero-order valence-electron chi connectivity index (χ0n) is 12.9. The number of nitrogens with two attached hydrogens (primary N) is 1. The molecule has 1 aromatic carbocycles. The average Bonchev–Trinajstić information content (AvgIpc) is 2.33. The minimum Gasteiger partial charge on any atom is -0.326 e. The number of anilines is 2. The van der Waals surface area contributed by atoms with Crippen molar-refractivity contribution in [3.63, 3.8) is 0 Å². The van der Waals surface area contributed by atoms with Gasteiger partial charge < -0.3 is 16.4 Å². The van der Waals surface area contributed by atoms with Crippen LogP contribution in [-0.4, -0.2) is 17.4 Å². The molecule has 0 fully saturated rings. The summed E-state index contributed by atoms with van der Waals surface area (Å²) in [7, 11) is 0. The molecule has 21 heavy (non-hydrogen) atoms. The van der Waals surface area contributed by atoms with E-state index in [0.717, 1.165) is 12.0 Å². The monoisotopic (exact) mass is 313 g/mol. The molecule has 0 saturated heterocycles. The Balaban J connectivity index is 0.00000400. The number of amides is 2. The van der Waals surface area contributed by atoms with Gasteiger partial charge in [0, 0.05) is 18.3 Å². The Morgan fingerprint density at radius 2 is 1.76 bits per heavy atom. The number of carbonyl (C=O) groups is 2. The molecule has 0 saturated carbocycles. The predicted octanol–water partition coefficient (Wildman–Crippen LogP) is 2.83. The van der Waals surface area contributed by atoms with Crippen molar-refractivity contribution in [3.8, 4) is 0 Å². The molecule has 0 aliphatic heterocycles. The molecule has 0 aromatic heterocycles. The van der Waals surface area contributed by atoms with Crippen molar-refractivity contribution < 1.29 is 9.59 Å². The van der Waals surface area contributed by atoms with Crippen LogP contribution in [0.1, 0.15) is 39.2 Å². The minimum absolute atomic E-state index is 0. The van der Waals surface area contributed by atoms with Crippen LogP contribution in [0.3, 0.4) is 0 Å². The molecule has 6 heteroatoms. The summed E-state index contributed by atoms with van der Waals surface area (Å²) in [5, 5.41) is 5.56. The highest BCUT2D eigenvalue weighted by Crippen LogP contribution is 2.24. The first kappa shape index (κ1) is 19.4. The smallest absolute Gasteiger partial charge is 0.244 e. The Labute approximate surface area is 132 Å². The normalized spacial score (nSPS) is 12.8. The molecule has 1 aromatic rings. The lowest BCUT2D eigenvalue weighted by molar-refractivity contribution is -0.120. The van der Waals surface area contributed by atoms with E-state index < -0.39 is 5.54 Å². The Kier molecular flexibility index (Phi) is 7.39. The molecule has 0 aliphatic carbocycles. The summed E-state index contributed by atoms with van der Waals surface area (Å²) in [6.45, 7) is 7.00. The number of benzene rings is 1. The molecule has 1 atom stereocenters. The van der Waals surface area contributed by atoms with Crippen molar-refractivity contribution in [3.05, 3.63) is 23.8 Å². The molecule has 1 unspecified atom stereocenters. The Hall–Kier alpha value is -1.59. The van der Waals surface area contributed by atoms with Crippen molar-refractivity contribution in [1.29, 1.82) is 0 Å². The zero-order chi connectivity index (χ0) is 15.3. The van der Waals surface area contributed by atoms with E-state index in [1.54, 1.807) is 25.1 Å². The van der Waals surface area contributed by atoms with Gasteiger partial charge >= 0.3 is 0 Å². The lowest BCUT2D eigenvalue weighted by Crippen LogP contribution is -2.48. The third-order valence-electron chi connectivity index (χ3n) is 3.18. The number of hydrogen-bond donors (Lipinski definition) is 3. The van der Waals surface area contributed by atoms with E-state index in [1.807, 2.05) is 13.8 Å². The van der Waals surface area contributed by atoms with E-state index in [4.69, 9.17) is 5.73 Å². The van der Waals surface area contributed by atoms with Crippen molar-refractivity contribution in [2.24, 2.45) is 5.73 Å². The fraction of sp³-hybridized carbons (Fsp3) is 0.467. The quantitative estimate of drug-likeness (QED) is 0.781. The number of halogens is 1. The lowest BCUT2D eigenvalue weighted by Gasteiger charge is -2.23. The minimum atomic E-state index is -0.898. The fourth-order valence-corrected chi connectivity index (χ4v) is 1.99. The second-order valence-corrected chi connectivity index (χ2v) is 5.28. The summed E-state index contributed by atoms with van der Waals surface area (Å²) in [6, 6.07) is 5.36. The molecule has 0 radical (unpaired) electrons. The maximum atomic E-state index is 12.2. The first-order chi connectivity index (χ1) is 9.27. The van der Waals surface area contributed by atoms with Crippen LogP contribution in [0.5, 0.6) is 0 Å². The first-order valence-electron chi connectivity index (χ1n) is 6.75. The zero-order valence-corrected chi connectivity index (χ0v) is 13.8. The Bertz CT molecular complexity index is 516. The van der Waals surface area contributed by atoms with Gasteiger partial charge in [0.2, 0.25) is 11.8 Å². The lowest BCUT2D eigenvalue weighted by atomic mass is 9.96. The van der Waals surface area contributed by atoms with Gasteiger partial charge in [-0.15, -0.1) is 12.4 Å². The molecule has 0 heterocycles. The van der Waals surface area contributed by atoms with Crippen molar-refractivity contribution in [2.45, 2.75) is 46.1 Å². The van der Waals surface area contributed by atoms with Gasteiger partial charge in [0.05, 0.1) is 5.54 Å². The van der Waals surface area contributed by atoms with Crippen molar-refractivity contribution in [1.82, 2.24) is 0 Å². The van der Waals surface area contributed by atoms with Crippen LogP contribution in [0.2, 0.25) is 0 Å². The molecule has 0 spiro atoms. The van der Waals surface area contributed by atoms with E-state index in [9.17, 15) is 9.59 Å². The summed E-state index contributed by atoms with van der Waals surface area (Å²) in [4.78, 5) is 23.3.